The summed E-state index contributed by atoms with van der Waals surface area (Å²) in [7, 11) is 0. The Morgan fingerprint density at radius 3 is 2.64 bits per heavy atom. The first-order valence-corrected chi connectivity index (χ1v) is 9.85. The normalized spacial score (nSPS) is 19.1. The molecule has 6 heteroatoms. The number of anilines is 2. The number of amides is 1. The van der Waals surface area contributed by atoms with Crippen LogP contribution in [0.1, 0.15) is 51.9 Å². The molecule has 25 heavy (non-hydrogen) atoms. The monoisotopic (exact) mass is 345 g/mol. The lowest BCUT2D eigenvalue weighted by Gasteiger charge is -2.33. The van der Waals surface area contributed by atoms with E-state index in [2.05, 4.69) is 32.0 Å². The highest BCUT2D eigenvalue weighted by Gasteiger charge is 2.23. The molecular formula is C19H31N5O. The lowest BCUT2D eigenvalue weighted by Crippen LogP contribution is -2.37. The van der Waals surface area contributed by atoms with Crippen molar-refractivity contribution in [3.8, 4) is 0 Å². The van der Waals surface area contributed by atoms with Crippen molar-refractivity contribution in [1.29, 1.82) is 0 Å². The Morgan fingerprint density at radius 1 is 1.16 bits per heavy atom. The van der Waals surface area contributed by atoms with Crippen molar-refractivity contribution < 1.29 is 4.79 Å². The van der Waals surface area contributed by atoms with E-state index in [0.29, 0.717) is 11.8 Å². The molecule has 0 aliphatic carbocycles. The first kappa shape index (κ1) is 18.0. The third-order valence-corrected chi connectivity index (χ3v) is 5.42. The molecule has 0 unspecified atom stereocenters. The Kier molecular flexibility index (Phi) is 6.48. The number of hydrogen-bond donors (Lipinski definition) is 1. The van der Waals surface area contributed by atoms with Crippen LogP contribution in [0.3, 0.4) is 0 Å². The van der Waals surface area contributed by atoms with E-state index < -0.39 is 0 Å². The lowest BCUT2D eigenvalue weighted by molar-refractivity contribution is -0.132. The minimum atomic E-state index is 0.369. The van der Waals surface area contributed by atoms with Crippen molar-refractivity contribution in [2.75, 3.05) is 42.9 Å². The smallest absolute Gasteiger partial charge is 0.222 e. The van der Waals surface area contributed by atoms with Crippen molar-refractivity contribution >= 4 is 17.5 Å². The van der Waals surface area contributed by atoms with Crippen molar-refractivity contribution in [3.63, 3.8) is 0 Å². The zero-order chi connectivity index (χ0) is 17.5. The van der Waals surface area contributed by atoms with Crippen LogP contribution in [0.2, 0.25) is 0 Å². The number of nitrogens with zero attached hydrogens (tertiary/aromatic N) is 4. The van der Waals surface area contributed by atoms with Crippen molar-refractivity contribution in [2.24, 2.45) is 5.92 Å². The fourth-order valence-corrected chi connectivity index (χ4v) is 3.88. The molecule has 0 aromatic carbocycles. The first-order valence-electron chi connectivity index (χ1n) is 9.85. The minimum Gasteiger partial charge on any atom is -0.370 e. The van der Waals surface area contributed by atoms with E-state index in [9.17, 15) is 4.79 Å². The van der Waals surface area contributed by atoms with Crippen LogP contribution in [0.5, 0.6) is 0 Å². The summed E-state index contributed by atoms with van der Waals surface area (Å²) < 4.78 is 0. The average molecular weight is 345 g/mol. The molecule has 3 heterocycles. The maximum Gasteiger partial charge on any atom is 0.222 e. The minimum absolute atomic E-state index is 0.369. The van der Waals surface area contributed by atoms with Crippen LogP contribution in [0.4, 0.5) is 11.6 Å². The topological polar surface area (TPSA) is 61.4 Å². The van der Waals surface area contributed by atoms with Crippen LogP contribution in [0, 0.1) is 5.92 Å². The summed E-state index contributed by atoms with van der Waals surface area (Å²) in [6.45, 7) is 6.91. The molecule has 1 amide bonds. The third-order valence-electron chi connectivity index (χ3n) is 5.42. The number of carbonyl (C=O) groups excluding carboxylic acids is 1. The molecule has 2 saturated heterocycles. The molecular weight excluding hydrogens is 314 g/mol. The standard InChI is InChI=1S/C19H31N5O/c1-2-20-17-14-18(22-15-21-17)23-12-8-16(9-13-23)6-7-19(25)24-10-4-3-5-11-24/h14-16H,2-13H2,1H3,(H,20,21,22). The highest BCUT2D eigenvalue weighted by Crippen LogP contribution is 2.26. The van der Waals surface area contributed by atoms with Gasteiger partial charge in [-0.05, 0) is 51.4 Å². The SMILES string of the molecule is CCNc1cc(N2CCC(CCC(=O)N3CCCCC3)CC2)ncn1. The molecule has 0 bridgehead atoms. The number of aromatic nitrogens is 2. The lowest BCUT2D eigenvalue weighted by atomic mass is 9.92. The molecule has 1 aromatic heterocycles. The van der Waals surface area contributed by atoms with Gasteiger partial charge in [0.25, 0.3) is 0 Å². The third kappa shape index (κ3) is 5.06. The van der Waals surface area contributed by atoms with Gasteiger partial charge in [-0.1, -0.05) is 0 Å². The summed E-state index contributed by atoms with van der Waals surface area (Å²) in [4.78, 5) is 25.4. The summed E-state index contributed by atoms with van der Waals surface area (Å²) in [6.07, 6.45) is 9.33. The number of carbonyl (C=O) groups is 1. The zero-order valence-electron chi connectivity index (χ0n) is 15.4. The number of likely N-dealkylation sites (tertiary alicyclic amines) is 1. The van der Waals surface area contributed by atoms with Gasteiger partial charge in [0.15, 0.2) is 0 Å². The van der Waals surface area contributed by atoms with E-state index in [1.165, 1.54) is 19.3 Å². The Balaban J connectivity index is 1.42. The highest BCUT2D eigenvalue weighted by molar-refractivity contribution is 5.76. The second kappa shape index (κ2) is 9.02. The summed E-state index contributed by atoms with van der Waals surface area (Å²) in [5.41, 5.74) is 0. The molecule has 0 saturated carbocycles. The molecule has 0 atom stereocenters. The fraction of sp³-hybridized carbons (Fsp3) is 0.737. The second-order valence-electron chi connectivity index (χ2n) is 7.20. The zero-order valence-corrected chi connectivity index (χ0v) is 15.4. The largest absolute Gasteiger partial charge is 0.370 e. The van der Waals surface area contributed by atoms with E-state index in [1.54, 1.807) is 6.33 Å². The number of nitrogens with one attached hydrogen (secondary N) is 1. The summed E-state index contributed by atoms with van der Waals surface area (Å²) >= 11 is 0. The molecule has 2 aliphatic heterocycles. The molecule has 3 rings (SSSR count). The molecule has 1 N–H and O–H groups in total. The van der Waals surface area contributed by atoms with Crippen LogP contribution >= 0.6 is 0 Å². The van der Waals surface area contributed by atoms with E-state index >= 15 is 0 Å². The van der Waals surface area contributed by atoms with Crippen molar-refractivity contribution in [2.45, 2.75) is 51.9 Å². The van der Waals surface area contributed by atoms with Crippen molar-refractivity contribution in [3.05, 3.63) is 12.4 Å². The van der Waals surface area contributed by atoms with Crippen LogP contribution < -0.4 is 10.2 Å². The summed E-state index contributed by atoms with van der Waals surface area (Å²) in [5, 5.41) is 3.24. The first-order chi connectivity index (χ1) is 12.3. The van der Waals surface area contributed by atoms with E-state index in [1.807, 2.05) is 6.07 Å². The second-order valence-corrected chi connectivity index (χ2v) is 7.20. The molecule has 0 radical (unpaired) electrons. The average Bonchev–Trinajstić information content (AvgIpc) is 2.68. The molecule has 2 aliphatic rings. The van der Waals surface area contributed by atoms with Gasteiger partial charge in [-0.3, -0.25) is 4.79 Å². The van der Waals surface area contributed by atoms with Gasteiger partial charge in [0.1, 0.15) is 18.0 Å². The fourth-order valence-electron chi connectivity index (χ4n) is 3.88. The van der Waals surface area contributed by atoms with E-state index in [4.69, 9.17) is 0 Å². The van der Waals surface area contributed by atoms with E-state index in [-0.39, 0.29) is 0 Å². The van der Waals surface area contributed by atoms with Gasteiger partial charge in [0.2, 0.25) is 5.91 Å². The van der Waals surface area contributed by atoms with Gasteiger partial charge in [-0.15, -0.1) is 0 Å². The van der Waals surface area contributed by atoms with Crippen molar-refractivity contribution in [1.82, 2.24) is 14.9 Å². The highest BCUT2D eigenvalue weighted by atomic mass is 16.2. The Bertz CT molecular complexity index is 551. The van der Waals surface area contributed by atoms with Crippen LogP contribution in [0.15, 0.2) is 12.4 Å². The molecule has 0 spiro atoms. The maximum absolute atomic E-state index is 12.3. The van der Waals surface area contributed by atoms with Crippen LogP contribution in [0.25, 0.3) is 0 Å². The van der Waals surface area contributed by atoms with Gasteiger partial charge in [0, 0.05) is 45.2 Å². The Labute approximate surface area is 151 Å². The summed E-state index contributed by atoms with van der Waals surface area (Å²) in [5.74, 6) is 2.93. The number of rotatable bonds is 6. The maximum atomic E-state index is 12.3. The molecule has 2 fully saturated rings. The predicted octanol–water partition coefficient (Wildman–Crippen LogP) is 2.92. The van der Waals surface area contributed by atoms with Crippen LogP contribution in [-0.4, -0.2) is 53.5 Å². The number of piperidine rings is 2. The molecule has 1 aromatic rings. The van der Waals surface area contributed by atoms with Gasteiger partial charge >= 0.3 is 0 Å². The van der Waals surface area contributed by atoms with Gasteiger partial charge in [0.05, 0.1) is 0 Å². The Hall–Kier alpha value is -1.85. The van der Waals surface area contributed by atoms with Crippen LogP contribution in [-0.2, 0) is 4.79 Å². The van der Waals surface area contributed by atoms with Gasteiger partial charge in [-0.25, -0.2) is 9.97 Å². The number of hydrogen-bond acceptors (Lipinski definition) is 5. The molecule has 138 valence electrons. The van der Waals surface area contributed by atoms with Gasteiger partial charge in [-0.2, -0.15) is 0 Å². The van der Waals surface area contributed by atoms with E-state index in [0.717, 1.165) is 70.0 Å². The van der Waals surface area contributed by atoms with Gasteiger partial charge < -0.3 is 15.1 Å². The predicted molar refractivity (Wildman–Crippen MR) is 101 cm³/mol. The molecule has 6 nitrogen and oxygen atoms in total. The summed E-state index contributed by atoms with van der Waals surface area (Å²) in [6, 6.07) is 2.03. The Morgan fingerprint density at radius 2 is 1.92 bits per heavy atom. The quantitative estimate of drug-likeness (QED) is 0.859.